The number of rotatable bonds is 6. The Labute approximate surface area is 147 Å². The Kier molecular flexibility index (Phi) is 4.99. The molecule has 1 atom stereocenters. The number of hydrogen-bond donors (Lipinski definition) is 0. The van der Waals surface area contributed by atoms with Crippen LogP contribution in [-0.2, 0) is 13.1 Å². The highest BCUT2D eigenvalue weighted by atomic mass is 16.5. The van der Waals surface area contributed by atoms with E-state index in [1.807, 2.05) is 46.0 Å². The summed E-state index contributed by atoms with van der Waals surface area (Å²) >= 11 is 0. The first-order valence-corrected chi connectivity index (χ1v) is 8.45. The maximum Gasteiger partial charge on any atom is 0.138 e. The SMILES string of the molecule is Cc1noc(C)c1CN(Cc1c(C)noc1C)[C@H](C)c1ccccn1. The molecule has 0 amide bonds. The summed E-state index contributed by atoms with van der Waals surface area (Å²) in [5.41, 5.74) is 5.12. The van der Waals surface area contributed by atoms with Crippen LogP contribution in [0.4, 0.5) is 0 Å². The third-order valence-electron chi connectivity index (χ3n) is 4.75. The van der Waals surface area contributed by atoms with Crippen LogP contribution in [0.2, 0.25) is 0 Å². The predicted octanol–water partition coefficient (Wildman–Crippen LogP) is 4.05. The van der Waals surface area contributed by atoms with E-state index in [1.165, 1.54) is 0 Å². The summed E-state index contributed by atoms with van der Waals surface area (Å²) in [5.74, 6) is 1.71. The third kappa shape index (κ3) is 3.64. The Morgan fingerprint density at radius 2 is 1.48 bits per heavy atom. The summed E-state index contributed by atoms with van der Waals surface area (Å²) in [7, 11) is 0. The largest absolute Gasteiger partial charge is 0.361 e. The lowest BCUT2D eigenvalue weighted by atomic mass is 10.1. The van der Waals surface area contributed by atoms with Crippen molar-refractivity contribution in [2.24, 2.45) is 0 Å². The lowest BCUT2D eigenvalue weighted by Crippen LogP contribution is -2.27. The van der Waals surface area contributed by atoms with Crippen LogP contribution in [0.1, 0.15) is 52.7 Å². The minimum atomic E-state index is 0.128. The molecular weight excluding hydrogens is 316 g/mol. The highest BCUT2D eigenvalue weighted by molar-refractivity contribution is 5.24. The van der Waals surface area contributed by atoms with Crippen LogP contribution in [0, 0.1) is 27.7 Å². The first kappa shape index (κ1) is 17.4. The maximum atomic E-state index is 5.34. The Hall–Kier alpha value is -2.47. The summed E-state index contributed by atoms with van der Waals surface area (Å²) < 4.78 is 10.7. The predicted molar refractivity (Wildman–Crippen MR) is 93.9 cm³/mol. The fraction of sp³-hybridized carbons (Fsp3) is 0.421. The summed E-state index contributed by atoms with van der Waals surface area (Å²) in [6.45, 7) is 11.5. The molecule has 6 heteroatoms. The zero-order valence-electron chi connectivity index (χ0n) is 15.4. The van der Waals surface area contributed by atoms with Gasteiger partial charge < -0.3 is 9.05 Å². The van der Waals surface area contributed by atoms with Crippen molar-refractivity contribution in [1.82, 2.24) is 20.2 Å². The van der Waals surface area contributed by atoms with Crippen molar-refractivity contribution in [3.63, 3.8) is 0 Å². The van der Waals surface area contributed by atoms with Crippen molar-refractivity contribution in [2.45, 2.75) is 53.8 Å². The fourth-order valence-corrected chi connectivity index (χ4v) is 3.00. The van der Waals surface area contributed by atoms with Gasteiger partial charge in [-0.1, -0.05) is 16.4 Å². The number of aryl methyl sites for hydroxylation is 4. The lowest BCUT2D eigenvalue weighted by molar-refractivity contribution is 0.186. The number of pyridine rings is 1. The molecule has 0 fully saturated rings. The van der Waals surface area contributed by atoms with E-state index >= 15 is 0 Å². The standard InChI is InChI=1S/C19H24N4O2/c1-12-17(15(4)24-21-12)10-23(11-18-13(2)22-25-16(18)5)14(3)19-8-6-7-9-20-19/h6-9,14H,10-11H2,1-5H3/t14-/m1/s1. The second-order valence-corrected chi connectivity index (χ2v) is 6.44. The van der Waals surface area contributed by atoms with Gasteiger partial charge in [-0.2, -0.15) is 0 Å². The van der Waals surface area contributed by atoms with Crippen LogP contribution >= 0.6 is 0 Å². The second-order valence-electron chi connectivity index (χ2n) is 6.44. The van der Waals surface area contributed by atoms with Crippen LogP contribution in [0.15, 0.2) is 33.4 Å². The lowest BCUT2D eigenvalue weighted by Gasteiger charge is -2.28. The molecule has 3 heterocycles. The van der Waals surface area contributed by atoms with Gasteiger partial charge in [-0.15, -0.1) is 0 Å². The monoisotopic (exact) mass is 340 g/mol. The molecule has 3 aromatic rings. The van der Waals surface area contributed by atoms with E-state index in [9.17, 15) is 0 Å². The molecule has 25 heavy (non-hydrogen) atoms. The number of nitrogens with zero attached hydrogens (tertiary/aromatic N) is 4. The van der Waals surface area contributed by atoms with Gasteiger partial charge in [-0.25, -0.2) is 0 Å². The van der Waals surface area contributed by atoms with Gasteiger partial charge in [0.1, 0.15) is 11.5 Å². The molecule has 6 nitrogen and oxygen atoms in total. The van der Waals surface area contributed by atoms with Gasteiger partial charge in [0.2, 0.25) is 0 Å². The molecule has 0 aliphatic rings. The van der Waals surface area contributed by atoms with Crippen molar-refractivity contribution in [3.05, 3.63) is 64.1 Å². The molecule has 0 aliphatic carbocycles. The van der Waals surface area contributed by atoms with Crippen LogP contribution in [0.25, 0.3) is 0 Å². The Bertz CT molecular complexity index is 751. The quantitative estimate of drug-likeness (QED) is 0.674. The summed E-state index contributed by atoms with van der Waals surface area (Å²) in [4.78, 5) is 6.88. The molecule has 0 aromatic carbocycles. The van der Waals surface area contributed by atoms with Gasteiger partial charge in [-0.05, 0) is 46.8 Å². The first-order valence-electron chi connectivity index (χ1n) is 8.45. The number of aromatic nitrogens is 3. The smallest absolute Gasteiger partial charge is 0.138 e. The Morgan fingerprint density at radius 3 is 1.88 bits per heavy atom. The van der Waals surface area contributed by atoms with Gasteiger partial charge in [-0.3, -0.25) is 9.88 Å². The van der Waals surface area contributed by atoms with Crippen molar-refractivity contribution >= 4 is 0 Å². The molecule has 0 saturated heterocycles. The fourth-order valence-electron chi connectivity index (χ4n) is 3.00. The normalized spacial score (nSPS) is 12.7. The Morgan fingerprint density at radius 1 is 0.920 bits per heavy atom. The minimum absolute atomic E-state index is 0.128. The highest BCUT2D eigenvalue weighted by Gasteiger charge is 2.23. The van der Waals surface area contributed by atoms with E-state index in [-0.39, 0.29) is 6.04 Å². The van der Waals surface area contributed by atoms with E-state index in [4.69, 9.17) is 9.05 Å². The van der Waals surface area contributed by atoms with E-state index in [2.05, 4.69) is 33.2 Å². The molecule has 0 radical (unpaired) electrons. The van der Waals surface area contributed by atoms with Gasteiger partial charge >= 0.3 is 0 Å². The average Bonchev–Trinajstić information content (AvgIpc) is 3.11. The molecule has 0 N–H and O–H groups in total. The maximum absolute atomic E-state index is 5.34. The molecule has 0 unspecified atom stereocenters. The molecule has 0 spiro atoms. The van der Waals surface area contributed by atoms with E-state index < -0.39 is 0 Å². The summed E-state index contributed by atoms with van der Waals surface area (Å²) in [5, 5.41) is 8.17. The highest BCUT2D eigenvalue weighted by Crippen LogP contribution is 2.27. The number of hydrogen-bond acceptors (Lipinski definition) is 6. The van der Waals surface area contributed by atoms with Crippen LogP contribution in [0.3, 0.4) is 0 Å². The Balaban J connectivity index is 1.93. The van der Waals surface area contributed by atoms with Crippen molar-refractivity contribution < 1.29 is 9.05 Å². The molecule has 0 bridgehead atoms. The first-order chi connectivity index (χ1) is 12.0. The molecule has 132 valence electrons. The van der Waals surface area contributed by atoms with Crippen LogP contribution in [-0.4, -0.2) is 20.2 Å². The van der Waals surface area contributed by atoms with Gasteiger partial charge in [0.05, 0.1) is 17.1 Å². The van der Waals surface area contributed by atoms with E-state index in [0.29, 0.717) is 0 Å². The van der Waals surface area contributed by atoms with Crippen LogP contribution in [0.5, 0.6) is 0 Å². The van der Waals surface area contributed by atoms with Crippen LogP contribution < -0.4 is 0 Å². The van der Waals surface area contributed by atoms with E-state index in [1.54, 1.807) is 0 Å². The zero-order chi connectivity index (χ0) is 18.0. The topological polar surface area (TPSA) is 68.2 Å². The summed E-state index contributed by atoms with van der Waals surface area (Å²) in [6.07, 6.45) is 1.83. The van der Waals surface area contributed by atoms with Gasteiger partial charge in [0.15, 0.2) is 0 Å². The third-order valence-corrected chi connectivity index (χ3v) is 4.75. The molecule has 3 aromatic heterocycles. The van der Waals surface area contributed by atoms with Gasteiger partial charge in [0.25, 0.3) is 0 Å². The second kappa shape index (κ2) is 7.19. The van der Waals surface area contributed by atoms with Crippen molar-refractivity contribution in [3.8, 4) is 0 Å². The minimum Gasteiger partial charge on any atom is -0.361 e. The van der Waals surface area contributed by atoms with Crippen molar-refractivity contribution in [2.75, 3.05) is 0 Å². The van der Waals surface area contributed by atoms with Gasteiger partial charge in [0, 0.05) is 36.5 Å². The average molecular weight is 340 g/mol. The zero-order valence-corrected chi connectivity index (χ0v) is 15.4. The van der Waals surface area contributed by atoms with E-state index in [0.717, 1.165) is 52.8 Å². The molecule has 0 aliphatic heterocycles. The molecule has 3 rings (SSSR count). The van der Waals surface area contributed by atoms with Crippen molar-refractivity contribution in [1.29, 1.82) is 0 Å². The summed E-state index contributed by atoms with van der Waals surface area (Å²) in [6, 6.07) is 6.13. The molecular formula is C19H24N4O2. The molecule has 0 saturated carbocycles.